The first kappa shape index (κ1) is 14.1. The van der Waals surface area contributed by atoms with E-state index in [4.69, 9.17) is 5.73 Å². The third kappa shape index (κ3) is 3.59. The quantitative estimate of drug-likeness (QED) is 0.819. The molecular weight excluding hydrogens is 252 g/mol. The normalized spacial score (nSPS) is 11.7. The van der Waals surface area contributed by atoms with Gasteiger partial charge in [0.05, 0.1) is 7.11 Å². The van der Waals surface area contributed by atoms with E-state index in [1.165, 1.54) is 12.7 Å². The van der Waals surface area contributed by atoms with Crippen LogP contribution in [-0.4, -0.2) is 13.1 Å². The minimum absolute atomic E-state index is 0.435. The molecule has 0 bridgehead atoms. The number of carbonyl (C=O) groups is 1. The number of nitrogens with two attached hydrogens (primary N) is 1. The molecule has 0 saturated heterocycles. The van der Waals surface area contributed by atoms with Gasteiger partial charge in [0.15, 0.2) is 0 Å². The van der Waals surface area contributed by atoms with Crippen LogP contribution < -0.4 is 11.1 Å². The van der Waals surface area contributed by atoms with Gasteiger partial charge in [-0.1, -0.05) is 42.5 Å². The van der Waals surface area contributed by atoms with Crippen LogP contribution in [-0.2, 0) is 16.1 Å². The zero-order valence-corrected chi connectivity index (χ0v) is 11.4. The Morgan fingerprint density at radius 2 is 1.80 bits per heavy atom. The molecule has 0 fully saturated rings. The predicted molar refractivity (Wildman–Crippen MR) is 79.2 cm³/mol. The molecule has 4 heteroatoms. The molecule has 0 aliphatic carbocycles. The predicted octanol–water partition coefficient (Wildman–Crippen LogP) is 2.47. The van der Waals surface area contributed by atoms with Crippen molar-refractivity contribution < 1.29 is 9.53 Å². The van der Waals surface area contributed by atoms with Gasteiger partial charge in [-0.05, 0) is 23.3 Å². The van der Waals surface area contributed by atoms with Gasteiger partial charge in [0.2, 0.25) is 0 Å². The van der Waals surface area contributed by atoms with Crippen LogP contribution in [0.3, 0.4) is 0 Å². The molecule has 104 valence electrons. The molecular formula is C16H18N2O2. The summed E-state index contributed by atoms with van der Waals surface area (Å²) in [6.07, 6.45) is 0. The van der Waals surface area contributed by atoms with Crippen LogP contribution in [0.5, 0.6) is 0 Å². The van der Waals surface area contributed by atoms with E-state index in [-0.39, 0.29) is 0 Å². The van der Waals surface area contributed by atoms with Crippen molar-refractivity contribution in [2.75, 3.05) is 12.4 Å². The van der Waals surface area contributed by atoms with E-state index in [0.29, 0.717) is 0 Å². The summed E-state index contributed by atoms with van der Waals surface area (Å²) >= 11 is 0. The molecule has 2 aromatic rings. The van der Waals surface area contributed by atoms with Crippen LogP contribution in [0.15, 0.2) is 54.6 Å². The molecule has 0 aromatic heterocycles. The van der Waals surface area contributed by atoms with Gasteiger partial charge in [-0.15, -0.1) is 0 Å². The summed E-state index contributed by atoms with van der Waals surface area (Å²) in [6.45, 7) is 0.753. The number of methoxy groups -OCH3 is 1. The summed E-state index contributed by atoms with van der Waals surface area (Å²) in [7, 11) is 1.33. The van der Waals surface area contributed by atoms with Gasteiger partial charge >= 0.3 is 5.97 Å². The molecule has 2 rings (SSSR count). The minimum atomic E-state index is -0.733. The summed E-state index contributed by atoms with van der Waals surface area (Å²) in [5.41, 5.74) is 8.70. The number of esters is 1. The van der Waals surface area contributed by atoms with Gasteiger partial charge in [-0.3, -0.25) is 4.79 Å². The monoisotopic (exact) mass is 270 g/mol. The number of benzene rings is 2. The van der Waals surface area contributed by atoms with Crippen molar-refractivity contribution >= 4 is 11.7 Å². The first-order valence-electron chi connectivity index (χ1n) is 6.42. The van der Waals surface area contributed by atoms with Crippen LogP contribution >= 0.6 is 0 Å². The fraction of sp³-hybridized carbons (Fsp3) is 0.188. The Hall–Kier alpha value is -2.33. The number of carbonyl (C=O) groups excluding carboxylic acids is 1. The standard InChI is InChI=1S/C16H18N2O2/c1-20-16(19)15(17)13-7-9-14(10-8-13)18-11-12-5-3-2-4-6-12/h2-10,15,18H,11,17H2,1H3/t15-/m0/s1. The molecule has 0 aliphatic rings. The highest BCUT2D eigenvalue weighted by Gasteiger charge is 2.15. The van der Waals surface area contributed by atoms with Crippen LogP contribution in [0, 0.1) is 0 Å². The molecule has 0 amide bonds. The second-order valence-electron chi connectivity index (χ2n) is 4.46. The summed E-state index contributed by atoms with van der Waals surface area (Å²) < 4.78 is 4.62. The van der Waals surface area contributed by atoms with Crippen LogP contribution in [0.25, 0.3) is 0 Å². The summed E-state index contributed by atoms with van der Waals surface area (Å²) in [4.78, 5) is 11.3. The van der Waals surface area contributed by atoms with Crippen molar-refractivity contribution in [2.24, 2.45) is 5.73 Å². The third-order valence-electron chi connectivity index (χ3n) is 3.06. The highest BCUT2D eigenvalue weighted by molar-refractivity contribution is 5.77. The van der Waals surface area contributed by atoms with Gasteiger partial charge in [0, 0.05) is 12.2 Å². The number of nitrogens with one attached hydrogen (secondary N) is 1. The zero-order valence-electron chi connectivity index (χ0n) is 11.4. The van der Waals surface area contributed by atoms with Crippen molar-refractivity contribution in [2.45, 2.75) is 12.6 Å². The molecule has 0 spiro atoms. The summed E-state index contributed by atoms with van der Waals surface area (Å²) in [5, 5.41) is 3.31. The second kappa shape index (κ2) is 6.73. The Kier molecular flexibility index (Phi) is 4.74. The molecule has 4 nitrogen and oxygen atoms in total. The van der Waals surface area contributed by atoms with E-state index in [0.717, 1.165) is 17.8 Å². The number of hydrogen-bond acceptors (Lipinski definition) is 4. The van der Waals surface area contributed by atoms with E-state index in [2.05, 4.69) is 22.2 Å². The molecule has 1 atom stereocenters. The fourth-order valence-corrected chi connectivity index (χ4v) is 1.87. The Morgan fingerprint density at radius 1 is 1.15 bits per heavy atom. The smallest absolute Gasteiger partial charge is 0.327 e. The van der Waals surface area contributed by atoms with Gasteiger partial charge < -0.3 is 15.8 Å². The lowest BCUT2D eigenvalue weighted by atomic mass is 10.1. The lowest BCUT2D eigenvalue weighted by Crippen LogP contribution is -2.22. The lowest BCUT2D eigenvalue weighted by Gasteiger charge is -2.11. The number of hydrogen-bond donors (Lipinski definition) is 2. The van der Waals surface area contributed by atoms with Crippen molar-refractivity contribution in [3.05, 3.63) is 65.7 Å². The van der Waals surface area contributed by atoms with Crippen LogP contribution in [0.2, 0.25) is 0 Å². The molecule has 0 radical (unpaired) electrons. The molecule has 20 heavy (non-hydrogen) atoms. The maximum Gasteiger partial charge on any atom is 0.327 e. The van der Waals surface area contributed by atoms with E-state index in [1.54, 1.807) is 0 Å². The molecule has 0 aliphatic heterocycles. The minimum Gasteiger partial charge on any atom is -0.468 e. The molecule has 3 N–H and O–H groups in total. The molecule has 0 saturated carbocycles. The van der Waals surface area contributed by atoms with E-state index in [1.807, 2.05) is 42.5 Å². The Balaban J connectivity index is 1.96. The highest BCUT2D eigenvalue weighted by atomic mass is 16.5. The number of rotatable bonds is 5. The van der Waals surface area contributed by atoms with Crippen molar-refractivity contribution in [1.29, 1.82) is 0 Å². The third-order valence-corrected chi connectivity index (χ3v) is 3.06. The second-order valence-corrected chi connectivity index (χ2v) is 4.46. The maximum atomic E-state index is 11.3. The van der Waals surface area contributed by atoms with Gasteiger partial charge in [0.1, 0.15) is 6.04 Å². The topological polar surface area (TPSA) is 64.3 Å². The first-order chi connectivity index (χ1) is 9.70. The molecule has 0 heterocycles. The SMILES string of the molecule is COC(=O)[C@@H](N)c1ccc(NCc2ccccc2)cc1. The molecule has 0 unspecified atom stereocenters. The first-order valence-corrected chi connectivity index (χ1v) is 6.42. The highest BCUT2D eigenvalue weighted by Crippen LogP contribution is 2.16. The fourth-order valence-electron chi connectivity index (χ4n) is 1.87. The van der Waals surface area contributed by atoms with E-state index < -0.39 is 12.0 Å². The van der Waals surface area contributed by atoms with Crippen molar-refractivity contribution in [1.82, 2.24) is 0 Å². The van der Waals surface area contributed by atoms with Crippen molar-refractivity contribution in [3.8, 4) is 0 Å². The van der Waals surface area contributed by atoms with Gasteiger partial charge in [0.25, 0.3) is 0 Å². The summed E-state index contributed by atoms with van der Waals surface area (Å²) in [5.74, 6) is -0.435. The van der Waals surface area contributed by atoms with Gasteiger partial charge in [-0.25, -0.2) is 0 Å². The summed E-state index contributed by atoms with van der Waals surface area (Å²) in [6, 6.07) is 16.9. The Labute approximate surface area is 118 Å². The Bertz CT molecular complexity index is 552. The van der Waals surface area contributed by atoms with Gasteiger partial charge in [-0.2, -0.15) is 0 Å². The zero-order chi connectivity index (χ0) is 14.4. The lowest BCUT2D eigenvalue weighted by molar-refractivity contribution is -0.142. The average Bonchev–Trinajstić information content (AvgIpc) is 2.53. The maximum absolute atomic E-state index is 11.3. The average molecular weight is 270 g/mol. The largest absolute Gasteiger partial charge is 0.468 e. The van der Waals surface area contributed by atoms with Crippen molar-refractivity contribution in [3.63, 3.8) is 0 Å². The number of anilines is 1. The Morgan fingerprint density at radius 3 is 2.40 bits per heavy atom. The number of ether oxygens (including phenoxy) is 1. The van der Waals surface area contributed by atoms with E-state index >= 15 is 0 Å². The van der Waals surface area contributed by atoms with E-state index in [9.17, 15) is 4.79 Å². The van der Waals surface area contributed by atoms with Crippen LogP contribution in [0.4, 0.5) is 5.69 Å². The van der Waals surface area contributed by atoms with Crippen LogP contribution in [0.1, 0.15) is 17.2 Å². The molecule has 2 aromatic carbocycles.